The molecule has 0 aromatic carbocycles. The van der Waals surface area contributed by atoms with Crippen molar-refractivity contribution in [1.82, 2.24) is 5.32 Å². The molecule has 1 amide bonds. The second kappa shape index (κ2) is 60.7. The van der Waals surface area contributed by atoms with Gasteiger partial charge in [-0.05, 0) is 57.8 Å². The summed E-state index contributed by atoms with van der Waals surface area (Å²) in [6, 6.07) is -0.974. The summed E-state index contributed by atoms with van der Waals surface area (Å²) >= 11 is 0. The van der Waals surface area contributed by atoms with Gasteiger partial charge in [-0.25, -0.2) is 0 Å². The fourth-order valence-electron chi connectivity index (χ4n) is 13.4. The predicted octanol–water partition coefficient (Wildman–Crippen LogP) is 13.1. The summed E-state index contributed by atoms with van der Waals surface area (Å²) in [5.41, 5.74) is 0. The Kier molecular flexibility index (Phi) is 55.6. The molecule has 0 bridgehead atoms. The van der Waals surface area contributed by atoms with Crippen molar-refractivity contribution in [2.75, 3.05) is 26.4 Å². The fraction of sp³-hybridized carbons (Fsp3) is 0.863. The zero-order chi connectivity index (χ0) is 71.8. The Balaban J connectivity index is 1.34. The van der Waals surface area contributed by atoms with Crippen LogP contribution in [0.4, 0.5) is 0 Å². The quantitative estimate of drug-likeness (QED) is 0.0199. The molecular formula is C80H145NO18. The molecule has 0 radical (unpaired) electrons. The molecule has 0 saturated carbocycles. The van der Waals surface area contributed by atoms with Gasteiger partial charge in [0.1, 0.15) is 73.2 Å². The van der Waals surface area contributed by atoms with Gasteiger partial charge in [0, 0.05) is 6.42 Å². The van der Waals surface area contributed by atoms with E-state index < -0.39 is 124 Å². The first kappa shape index (κ1) is 90.7. The Bertz CT molecular complexity index is 2020. The number of aliphatic hydroxyl groups excluding tert-OH is 11. The van der Waals surface area contributed by atoms with Crippen LogP contribution in [0, 0.1) is 0 Å². The number of rotatable bonds is 63. The number of carbonyl (C=O) groups is 1. The van der Waals surface area contributed by atoms with Crippen LogP contribution in [0.25, 0.3) is 0 Å². The molecule has 0 aromatic heterocycles. The van der Waals surface area contributed by atoms with E-state index in [1.807, 2.05) is 6.08 Å². The Hall–Kier alpha value is -2.51. The van der Waals surface area contributed by atoms with Crippen molar-refractivity contribution in [2.24, 2.45) is 0 Å². The van der Waals surface area contributed by atoms with Gasteiger partial charge in [-0.15, -0.1) is 0 Å². The molecule has 17 unspecified atom stereocenters. The van der Waals surface area contributed by atoms with E-state index in [2.05, 4.69) is 67.8 Å². The monoisotopic (exact) mass is 1410 g/mol. The number of nitrogens with one attached hydrogen (secondary N) is 1. The van der Waals surface area contributed by atoms with E-state index >= 15 is 0 Å². The normalized spacial score (nSPS) is 26.9. The van der Waals surface area contributed by atoms with Crippen molar-refractivity contribution in [2.45, 2.75) is 413 Å². The van der Waals surface area contributed by atoms with E-state index in [-0.39, 0.29) is 18.9 Å². The van der Waals surface area contributed by atoms with Gasteiger partial charge in [0.2, 0.25) is 5.91 Å². The number of ether oxygens (including phenoxy) is 6. The number of allylic oxidation sites excluding steroid dienone is 9. The molecule has 19 nitrogen and oxygen atoms in total. The lowest BCUT2D eigenvalue weighted by Gasteiger charge is -2.48. The average Bonchev–Trinajstić information content (AvgIpc) is 0.784. The summed E-state index contributed by atoms with van der Waals surface area (Å²) in [5.74, 6) is -0.271. The van der Waals surface area contributed by atoms with Crippen LogP contribution >= 0.6 is 0 Å². The topological polar surface area (TPSA) is 307 Å². The van der Waals surface area contributed by atoms with Gasteiger partial charge in [0.25, 0.3) is 0 Å². The van der Waals surface area contributed by atoms with Gasteiger partial charge in [-0.1, -0.05) is 306 Å². The summed E-state index contributed by atoms with van der Waals surface area (Å²) in [7, 11) is 0. The maximum absolute atomic E-state index is 13.5. The molecule has 3 saturated heterocycles. The van der Waals surface area contributed by atoms with Crippen molar-refractivity contribution in [3.05, 3.63) is 60.8 Å². The first-order valence-corrected chi connectivity index (χ1v) is 40.0. The SMILES string of the molecule is CC/C=C\C/C=C\C/C=C\C/C=C\CCCCCCCCCCCCCCCCCCCCCCCCC(=O)NC(COC1OC(CO)C(OC2OC(CO)C(OC3OC(CO)C(O)C(O)C3O)C(O)C2O)C(O)C1O)C(O)/C=C/CCCCCCCCCCCCCCCCCCC. The first-order chi connectivity index (χ1) is 48.3. The molecule has 3 rings (SSSR count). The lowest BCUT2D eigenvalue weighted by molar-refractivity contribution is -0.379. The first-order valence-electron chi connectivity index (χ1n) is 40.0. The standard InChI is InChI=1S/C80H145NO18/c1-3-5-7-9-11-13-15-17-19-21-23-24-25-26-27-28-29-30-31-32-33-34-35-36-37-38-40-42-44-46-48-50-52-54-56-58-68(86)81-63(64(85)57-55-53-51-49-47-45-43-41-39-22-20-18-16-14-12-10-8-6-4-2)62-94-78-74(92)71(89)76(66(60-83)96-78)99-80-75(93)72(90)77(67(61-84)97-80)98-79-73(91)70(88)69(87)65(59-82)95-79/h5,7,11,13,17,19,23-24,55,57,63-67,69-80,82-85,87-93H,3-4,6,8-10,12,14-16,18,20-22,25-54,56,58-62H2,1-2H3,(H,81,86)/b7-5-,13-11-,19-17-,24-23-,57-55+. The maximum atomic E-state index is 13.5. The predicted molar refractivity (Wildman–Crippen MR) is 392 cm³/mol. The van der Waals surface area contributed by atoms with Crippen LogP contribution in [-0.4, -0.2) is 193 Å². The minimum Gasteiger partial charge on any atom is -0.394 e. The van der Waals surface area contributed by atoms with E-state index in [0.29, 0.717) is 6.42 Å². The molecule has 12 N–H and O–H groups in total. The third kappa shape index (κ3) is 41.1. The lowest BCUT2D eigenvalue weighted by atomic mass is 9.96. The number of hydrogen-bond acceptors (Lipinski definition) is 18. The average molecular weight is 1410 g/mol. The number of carbonyl (C=O) groups excluding carboxylic acids is 1. The number of aliphatic hydroxyl groups is 11. The molecule has 0 spiro atoms. The molecule has 17 atom stereocenters. The molecule has 0 aromatic rings. The maximum Gasteiger partial charge on any atom is 0.220 e. The van der Waals surface area contributed by atoms with Crippen LogP contribution in [0.1, 0.15) is 309 Å². The van der Waals surface area contributed by atoms with Gasteiger partial charge >= 0.3 is 0 Å². The minimum atomic E-state index is -1.98. The number of unbranched alkanes of at least 4 members (excludes halogenated alkanes) is 39. The van der Waals surface area contributed by atoms with Crippen LogP contribution in [0.5, 0.6) is 0 Å². The highest BCUT2D eigenvalue weighted by Gasteiger charge is 2.54. The summed E-state index contributed by atoms with van der Waals surface area (Å²) < 4.78 is 34.4. The van der Waals surface area contributed by atoms with Crippen LogP contribution in [0.15, 0.2) is 60.8 Å². The smallest absolute Gasteiger partial charge is 0.220 e. The Morgan fingerprint density at radius 2 is 0.697 bits per heavy atom. The van der Waals surface area contributed by atoms with Crippen LogP contribution < -0.4 is 5.32 Å². The van der Waals surface area contributed by atoms with Gasteiger partial charge in [0.15, 0.2) is 18.9 Å². The van der Waals surface area contributed by atoms with E-state index in [0.717, 1.165) is 70.6 Å². The van der Waals surface area contributed by atoms with E-state index in [1.54, 1.807) is 6.08 Å². The van der Waals surface area contributed by atoms with Crippen molar-refractivity contribution in [3.8, 4) is 0 Å². The Labute approximate surface area is 598 Å². The van der Waals surface area contributed by atoms with Gasteiger partial charge in [-0.2, -0.15) is 0 Å². The van der Waals surface area contributed by atoms with Crippen LogP contribution in [0.2, 0.25) is 0 Å². The molecule has 3 heterocycles. The third-order valence-electron chi connectivity index (χ3n) is 19.8. The Morgan fingerprint density at radius 1 is 0.374 bits per heavy atom. The highest BCUT2D eigenvalue weighted by atomic mass is 16.8. The zero-order valence-electron chi connectivity index (χ0n) is 61.7. The molecule has 19 heteroatoms. The van der Waals surface area contributed by atoms with Gasteiger partial charge in [-0.3, -0.25) is 4.79 Å². The van der Waals surface area contributed by atoms with Gasteiger partial charge < -0.3 is 89.9 Å². The Morgan fingerprint density at radius 3 is 1.09 bits per heavy atom. The second-order valence-corrected chi connectivity index (χ2v) is 28.5. The number of hydrogen-bond donors (Lipinski definition) is 12. The molecule has 0 aliphatic carbocycles. The van der Waals surface area contributed by atoms with Crippen molar-refractivity contribution in [3.63, 3.8) is 0 Å². The summed E-state index contributed by atoms with van der Waals surface area (Å²) in [6.45, 7) is 1.66. The van der Waals surface area contributed by atoms with Crippen LogP contribution in [0.3, 0.4) is 0 Å². The van der Waals surface area contributed by atoms with Crippen molar-refractivity contribution < 1.29 is 89.4 Å². The second-order valence-electron chi connectivity index (χ2n) is 28.5. The minimum absolute atomic E-state index is 0.246. The van der Waals surface area contributed by atoms with E-state index in [9.17, 15) is 61.0 Å². The molecule has 3 aliphatic rings. The molecule has 3 fully saturated rings. The number of amides is 1. The van der Waals surface area contributed by atoms with E-state index in [4.69, 9.17) is 28.4 Å². The highest BCUT2D eigenvalue weighted by molar-refractivity contribution is 5.76. The van der Waals surface area contributed by atoms with Gasteiger partial charge in [0.05, 0.1) is 38.6 Å². The summed E-state index contributed by atoms with van der Waals surface area (Å²) in [5, 5.41) is 121. The lowest BCUT2D eigenvalue weighted by Crippen LogP contribution is -2.66. The summed E-state index contributed by atoms with van der Waals surface area (Å²) in [6.07, 6.45) is 50.7. The van der Waals surface area contributed by atoms with Crippen molar-refractivity contribution >= 4 is 5.91 Å². The fourth-order valence-corrected chi connectivity index (χ4v) is 13.4. The van der Waals surface area contributed by atoms with E-state index in [1.165, 1.54) is 212 Å². The van der Waals surface area contributed by atoms with Crippen LogP contribution in [-0.2, 0) is 33.2 Å². The molecule has 578 valence electrons. The molecular weight excluding hydrogens is 1260 g/mol. The molecule has 3 aliphatic heterocycles. The third-order valence-corrected chi connectivity index (χ3v) is 19.8. The molecule has 99 heavy (non-hydrogen) atoms. The summed E-state index contributed by atoms with van der Waals surface area (Å²) in [4.78, 5) is 13.5. The highest BCUT2D eigenvalue weighted by Crippen LogP contribution is 2.33. The van der Waals surface area contributed by atoms with Crippen molar-refractivity contribution in [1.29, 1.82) is 0 Å². The zero-order valence-corrected chi connectivity index (χ0v) is 61.7. The largest absolute Gasteiger partial charge is 0.394 e.